The highest BCUT2D eigenvalue weighted by molar-refractivity contribution is 5.98. The zero-order valence-corrected chi connectivity index (χ0v) is 14.0. The lowest BCUT2D eigenvalue weighted by molar-refractivity contribution is 0.0924. The summed E-state index contributed by atoms with van der Waals surface area (Å²) in [7, 11) is 0. The predicted octanol–water partition coefficient (Wildman–Crippen LogP) is 2.56. The van der Waals surface area contributed by atoms with Crippen LogP contribution in [-0.4, -0.2) is 27.0 Å². The summed E-state index contributed by atoms with van der Waals surface area (Å²) in [4.78, 5) is 20.8. The summed E-state index contributed by atoms with van der Waals surface area (Å²) in [6.45, 7) is 3.78. The standard InChI is InChI=1S/C18H23N5O/c1-2-8-23-15(14-6-7-20-18(19)22-14)9-12-16(23)13(10-21-17(12)24)11-4-3-5-11/h6-7,9,11,13H,2-5,8,10H2,1H3,(H,21,24)(H2,19,20,22). The molecular formula is C18H23N5O. The summed E-state index contributed by atoms with van der Waals surface area (Å²) in [5, 5.41) is 3.07. The van der Waals surface area contributed by atoms with Crippen molar-refractivity contribution in [2.75, 3.05) is 12.3 Å². The number of rotatable bonds is 4. The molecule has 0 saturated heterocycles. The quantitative estimate of drug-likeness (QED) is 0.904. The minimum absolute atomic E-state index is 0.0266. The summed E-state index contributed by atoms with van der Waals surface area (Å²) in [5.74, 6) is 1.37. The fourth-order valence-corrected chi connectivity index (χ4v) is 3.97. The van der Waals surface area contributed by atoms with Gasteiger partial charge in [0.05, 0.1) is 17.0 Å². The number of nitrogen functional groups attached to an aromatic ring is 1. The Hall–Kier alpha value is -2.37. The Morgan fingerprint density at radius 2 is 2.25 bits per heavy atom. The van der Waals surface area contributed by atoms with Crippen molar-refractivity contribution in [2.45, 2.75) is 45.1 Å². The van der Waals surface area contributed by atoms with E-state index in [1.807, 2.05) is 12.1 Å². The number of anilines is 1. The average Bonchev–Trinajstić information content (AvgIpc) is 2.89. The van der Waals surface area contributed by atoms with Gasteiger partial charge < -0.3 is 15.6 Å². The highest BCUT2D eigenvalue weighted by atomic mass is 16.1. The van der Waals surface area contributed by atoms with Gasteiger partial charge in [-0.25, -0.2) is 9.97 Å². The molecule has 24 heavy (non-hydrogen) atoms. The molecule has 0 radical (unpaired) electrons. The van der Waals surface area contributed by atoms with Gasteiger partial charge in [0.1, 0.15) is 0 Å². The van der Waals surface area contributed by atoms with E-state index in [9.17, 15) is 4.79 Å². The van der Waals surface area contributed by atoms with Crippen LogP contribution in [0.1, 0.15) is 54.6 Å². The van der Waals surface area contributed by atoms with Crippen LogP contribution >= 0.6 is 0 Å². The molecule has 0 spiro atoms. The molecule has 2 aromatic rings. The van der Waals surface area contributed by atoms with Gasteiger partial charge in [-0.3, -0.25) is 4.79 Å². The zero-order chi connectivity index (χ0) is 16.7. The van der Waals surface area contributed by atoms with Gasteiger partial charge in [-0.05, 0) is 37.3 Å². The van der Waals surface area contributed by atoms with Crippen LogP contribution in [0.3, 0.4) is 0 Å². The molecule has 2 aromatic heterocycles. The first-order valence-electron chi connectivity index (χ1n) is 8.79. The fourth-order valence-electron chi connectivity index (χ4n) is 3.97. The molecule has 6 heteroatoms. The normalized spacial score (nSPS) is 20.4. The Labute approximate surface area is 141 Å². The highest BCUT2D eigenvalue weighted by Crippen LogP contribution is 2.43. The largest absolute Gasteiger partial charge is 0.368 e. The molecule has 1 amide bonds. The number of fused-ring (bicyclic) bond motifs is 1. The summed E-state index contributed by atoms with van der Waals surface area (Å²) >= 11 is 0. The van der Waals surface area contributed by atoms with Crippen molar-refractivity contribution in [3.63, 3.8) is 0 Å². The zero-order valence-electron chi connectivity index (χ0n) is 14.0. The number of nitrogens with zero attached hydrogens (tertiary/aromatic N) is 3. The lowest BCUT2D eigenvalue weighted by Crippen LogP contribution is -2.40. The molecule has 126 valence electrons. The average molecular weight is 325 g/mol. The second-order valence-corrected chi connectivity index (χ2v) is 6.79. The van der Waals surface area contributed by atoms with Gasteiger partial charge in [-0.2, -0.15) is 0 Å². The van der Waals surface area contributed by atoms with Crippen molar-refractivity contribution in [3.8, 4) is 11.4 Å². The number of amides is 1. The summed E-state index contributed by atoms with van der Waals surface area (Å²) in [6, 6.07) is 3.84. The first kappa shape index (κ1) is 15.2. The van der Waals surface area contributed by atoms with Crippen LogP contribution in [0.25, 0.3) is 11.4 Å². The van der Waals surface area contributed by atoms with Crippen LogP contribution < -0.4 is 11.1 Å². The molecule has 2 aliphatic rings. The molecule has 1 unspecified atom stereocenters. The molecule has 0 aromatic carbocycles. The van der Waals surface area contributed by atoms with Crippen LogP contribution in [0, 0.1) is 5.92 Å². The van der Waals surface area contributed by atoms with E-state index in [-0.39, 0.29) is 11.9 Å². The maximum absolute atomic E-state index is 12.4. The number of carbonyl (C=O) groups excluding carboxylic acids is 1. The molecule has 4 rings (SSSR count). The molecule has 3 heterocycles. The number of hydrogen-bond acceptors (Lipinski definition) is 4. The Kier molecular flexibility index (Phi) is 3.75. The second-order valence-electron chi connectivity index (χ2n) is 6.79. The third-order valence-electron chi connectivity index (χ3n) is 5.32. The molecule has 1 saturated carbocycles. The molecule has 6 nitrogen and oxygen atoms in total. The van der Waals surface area contributed by atoms with Crippen molar-refractivity contribution in [2.24, 2.45) is 5.92 Å². The van der Waals surface area contributed by atoms with Gasteiger partial charge in [0.2, 0.25) is 5.95 Å². The fraction of sp³-hybridized carbons (Fsp3) is 0.500. The Morgan fingerprint density at radius 1 is 1.42 bits per heavy atom. The van der Waals surface area contributed by atoms with Crippen LogP contribution in [0.2, 0.25) is 0 Å². The number of carbonyl (C=O) groups is 1. The summed E-state index contributed by atoms with van der Waals surface area (Å²) in [5.41, 5.74) is 9.51. The van der Waals surface area contributed by atoms with Crippen molar-refractivity contribution in [3.05, 3.63) is 29.6 Å². The minimum atomic E-state index is 0.0266. The maximum atomic E-state index is 12.4. The number of aromatic nitrogens is 3. The molecule has 0 bridgehead atoms. The van der Waals surface area contributed by atoms with Crippen LogP contribution in [-0.2, 0) is 6.54 Å². The van der Waals surface area contributed by atoms with E-state index in [4.69, 9.17) is 5.73 Å². The number of nitrogens with one attached hydrogen (secondary N) is 1. The first-order valence-corrected chi connectivity index (χ1v) is 8.79. The van der Waals surface area contributed by atoms with Crippen LogP contribution in [0.15, 0.2) is 18.3 Å². The topological polar surface area (TPSA) is 85.8 Å². The van der Waals surface area contributed by atoms with Crippen molar-refractivity contribution in [1.82, 2.24) is 19.9 Å². The van der Waals surface area contributed by atoms with E-state index in [1.165, 1.54) is 25.0 Å². The summed E-state index contributed by atoms with van der Waals surface area (Å²) < 4.78 is 2.29. The Balaban J connectivity index is 1.87. The predicted molar refractivity (Wildman–Crippen MR) is 92.6 cm³/mol. The van der Waals surface area contributed by atoms with E-state index in [0.717, 1.165) is 36.5 Å². The van der Waals surface area contributed by atoms with E-state index >= 15 is 0 Å². The number of nitrogens with two attached hydrogens (primary N) is 1. The Morgan fingerprint density at radius 3 is 2.92 bits per heavy atom. The SMILES string of the molecule is CCCn1c(-c2ccnc(N)n2)cc2c1C(C1CCC1)CNC2=O. The first-order chi connectivity index (χ1) is 11.7. The van der Waals surface area contributed by atoms with Gasteiger partial charge in [-0.1, -0.05) is 13.3 Å². The maximum Gasteiger partial charge on any atom is 0.253 e. The Bertz CT molecular complexity index is 778. The van der Waals surface area contributed by atoms with Gasteiger partial charge in [0.15, 0.2) is 0 Å². The lowest BCUT2D eigenvalue weighted by atomic mass is 9.73. The molecule has 1 atom stereocenters. The van der Waals surface area contributed by atoms with Gasteiger partial charge in [0, 0.05) is 30.9 Å². The molecule has 1 aliphatic carbocycles. The van der Waals surface area contributed by atoms with E-state index in [0.29, 0.717) is 11.8 Å². The van der Waals surface area contributed by atoms with Crippen molar-refractivity contribution >= 4 is 11.9 Å². The van der Waals surface area contributed by atoms with Crippen molar-refractivity contribution in [1.29, 1.82) is 0 Å². The minimum Gasteiger partial charge on any atom is -0.368 e. The smallest absolute Gasteiger partial charge is 0.253 e. The van der Waals surface area contributed by atoms with Crippen LogP contribution in [0.4, 0.5) is 5.95 Å². The number of hydrogen-bond donors (Lipinski definition) is 2. The monoisotopic (exact) mass is 325 g/mol. The van der Waals surface area contributed by atoms with Gasteiger partial charge in [-0.15, -0.1) is 0 Å². The molecule has 1 aliphatic heterocycles. The van der Waals surface area contributed by atoms with Gasteiger partial charge >= 0.3 is 0 Å². The van der Waals surface area contributed by atoms with E-state index in [1.54, 1.807) is 6.20 Å². The molecule has 3 N–H and O–H groups in total. The molecular weight excluding hydrogens is 302 g/mol. The van der Waals surface area contributed by atoms with E-state index < -0.39 is 0 Å². The third kappa shape index (κ3) is 2.37. The second kappa shape index (κ2) is 5.92. The lowest BCUT2D eigenvalue weighted by Gasteiger charge is -2.37. The van der Waals surface area contributed by atoms with E-state index in [2.05, 4.69) is 26.8 Å². The van der Waals surface area contributed by atoms with Crippen LogP contribution in [0.5, 0.6) is 0 Å². The van der Waals surface area contributed by atoms with Crippen molar-refractivity contribution < 1.29 is 4.79 Å². The third-order valence-corrected chi connectivity index (χ3v) is 5.32. The summed E-state index contributed by atoms with van der Waals surface area (Å²) in [6.07, 6.45) is 6.49. The highest BCUT2D eigenvalue weighted by Gasteiger charge is 2.37. The van der Waals surface area contributed by atoms with Gasteiger partial charge in [0.25, 0.3) is 5.91 Å². The molecule has 1 fully saturated rings.